The lowest BCUT2D eigenvalue weighted by Crippen LogP contribution is -2.09. The van der Waals surface area contributed by atoms with Gasteiger partial charge in [0.25, 0.3) is 0 Å². The SMILES string of the molecule is CSc1nc(N)c(C(=O)O)c(-c2ccccc2)n1. The van der Waals surface area contributed by atoms with E-state index in [2.05, 4.69) is 9.97 Å². The quantitative estimate of drug-likeness (QED) is 0.650. The molecule has 0 atom stereocenters. The normalized spacial score (nSPS) is 10.3. The molecule has 0 aliphatic rings. The molecular formula is C12H11N3O2S. The van der Waals surface area contributed by atoms with Gasteiger partial charge in [0.05, 0.1) is 5.69 Å². The van der Waals surface area contributed by atoms with Crippen LogP contribution in [0.5, 0.6) is 0 Å². The van der Waals surface area contributed by atoms with Crippen LogP contribution in [-0.4, -0.2) is 27.3 Å². The van der Waals surface area contributed by atoms with Gasteiger partial charge in [0, 0.05) is 5.56 Å². The van der Waals surface area contributed by atoms with E-state index in [4.69, 9.17) is 5.73 Å². The number of carboxylic acid groups (broad SMARTS) is 1. The Morgan fingerprint density at radius 1 is 1.28 bits per heavy atom. The van der Waals surface area contributed by atoms with Gasteiger partial charge in [0.1, 0.15) is 11.4 Å². The number of nitrogens with two attached hydrogens (primary N) is 1. The molecule has 2 aromatic rings. The summed E-state index contributed by atoms with van der Waals surface area (Å²) in [5.41, 5.74) is 6.69. The van der Waals surface area contributed by atoms with Gasteiger partial charge in [-0.3, -0.25) is 0 Å². The minimum absolute atomic E-state index is 0.0132. The van der Waals surface area contributed by atoms with Gasteiger partial charge in [-0.15, -0.1) is 0 Å². The summed E-state index contributed by atoms with van der Waals surface area (Å²) in [6.07, 6.45) is 1.81. The Bertz CT molecular complexity index is 587. The third kappa shape index (κ3) is 2.28. The number of thioether (sulfide) groups is 1. The van der Waals surface area contributed by atoms with Crippen LogP contribution in [0.15, 0.2) is 35.5 Å². The lowest BCUT2D eigenvalue weighted by Gasteiger charge is -2.09. The molecule has 3 N–H and O–H groups in total. The van der Waals surface area contributed by atoms with Crippen molar-refractivity contribution in [2.75, 3.05) is 12.0 Å². The van der Waals surface area contributed by atoms with Crippen LogP contribution in [0.4, 0.5) is 5.82 Å². The van der Waals surface area contributed by atoms with Crippen molar-refractivity contribution in [1.82, 2.24) is 9.97 Å². The first kappa shape index (κ1) is 12.4. The second kappa shape index (κ2) is 5.05. The minimum atomic E-state index is -1.13. The predicted molar refractivity (Wildman–Crippen MR) is 70.6 cm³/mol. The van der Waals surface area contributed by atoms with E-state index >= 15 is 0 Å². The van der Waals surface area contributed by atoms with E-state index in [-0.39, 0.29) is 11.4 Å². The molecule has 0 aliphatic carbocycles. The van der Waals surface area contributed by atoms with Gasteiger partial charge < -0.3 is 10.8 Å². The third-order valence-corrected chi connectivity index (χ3v) is 2.91. The molecule has 1 aromatic heterocycles. The fourth-order valence-electron chi connectivity index (χ4n) is 1.56. The van der Waals surface area contributed by atoms with Gasteiger partial charge in [-0.1, -0.05) is 42.1 Å². The summed E-state index contributed by atoms with van der Waals surface area (Å²) in [6.45, 7) is 0. The summed E-state index contributed by atoms with van der Waals surface area (Å²) in [5.74, 6) is -1.14. The number of hydrogen-bond acceptors (Lipinski definition) is 5. The molecule has 0 unspecified atom stereocenters. The summed E-state index contributed by atoms with van der Waals surface area (Å²) in [5, 5.41) is 9.66. The molecule has 0 spiro atoms. The number of rotatable bonds is 3. The topological polar surface area (TPSA) is 89.1 Å². The average Bonchev–Trinajstić information content (AvgIpc) is 2.38. The molecule has 0 amide bonds. The predicted octanol–water partition coefficient (Wildman–Crippen LogP) is 2.15. The van der Waals surface area contributed by atoms with Crippen molar-refractivity contribution >= 4 is 23.5 Å². The zero-order valence-electron chi connectivity index (χ0n) is 9.62. The highest BCUT2D eigenvalue weighted by Gasteiger charge is 2.19. The Hall–Kier alpha value is -2.08. The van der Waals surface area contributed by atoms with Gasteiger partial charge in [-0.2, -0.15) is 0 Å². The molecule has 0 bridgehead atoms. The number of nitrogen functional groups attached to an aromatic ring is 1. The number of nitrogens with zero attached hydrogens (tertiary/aromatic N) is 2. The zero-order valence-corrected chi connectivity index (χ0v) is 10.4. The lowest BCUT2D eigenvalue weighted by atomic mass is 10.1. The second-order valence-corrected chi connectivity index (χ2v) is 4.26. The van der Waals surface area contributed by atoms with E-state index in [1.54, 1.807) is 12.1 Å². The maximum Gasteiger partial charge on any atom is 0.341 e. The standard InChI is InChI=1S/C12H11N3O2S/c1-18-12-14-9(7-5-3-2-4-6-7)8(11(16)17)10(13)15-12/h2-6H,1H3,(H,16,17)(H2,13,14,15). The van der Waals surface area contributed by atoms with Crippen LogP contribution in [0, 0.1) is 0 Å². The Morgan fingerprint density at radius 3 is 2.50 bits per heavy atom. The van der Waals surface area contributed by atoms with Crippen LogP contribution in [0.1, 0.15) is 10.4 Å². The van der Waals surface area contributed by atoms with Crippen LogP contribution >= 0.6 is 11.8 Å². The van der Waals surface area contributed by atoms with Gasteiger partial charge in [-0.05, 0) is 6.26 Å². The minimum Gasteiger partial charge on any atom is -0.477 e. The van der Waals surface area contributed by atoms with Crippen LogP contribution in [-0.2, 0) is 0 Å². The second-order valence-electron chi connectivity index (χ2n) is 3.49. The Balaban J connectivity index is 2.71. The first-order valence-corrected chi connectivity index (χ1v) is 6.36. The third-order valence-electron chi connectivity index (χ3n) is 2.36. The average molecular weight is 261 g/mol. The van der Waals surface area contributed by atoms with Crippen molar-refractivity contribution in [3.05, 3.63) is 35.9 Å². The van der Waals surface area contributed by atoms with Crippen LogP contribution in [0.3, 0.4) is 0 Å². The molecular weight excluding hydrogens is 250 g/mol. The molecule has 1 heterocycles. The van der Waals surface area contributed by atoms with Crippen molar-refractivity contribution in [2.24, 2.45) is 0 Å². The number of aromatic nitrogens is 2. The number of hydrogen-bond donors (Lipinski definition) is 2. The molecule has 1 aromatic carbocycles. The summed E-state index contributed by atoms with van der Waals surface area (Å²) in [4.78, 5) is 19.4. The van der Waals surface area contributed by atoms with Crippen LogP contribution in [0.25, 0.3) is 11.3 Å². The highest BCUT2D eigenvalue weighted by Crippen LogP contribution is 2.27. The van der Waals surface area contributed by atoms with Crippen molar-refractivity contribution in [3.8, 4) is 11.3 Å². The number of carbonyl (C=O) groups is 1. The monoisotopic (exact) mass is 261 g/mol. The van der Waals surface area contributed by atoms with Gasteiger partial charge in [0.2, 0.25) is 0 Å². The molecule has 2 rings (SSSR count). The maximum atomic E-state index is 11.2. The summed E-state index contributed by atoms with van der Waals surface area (Å²) < 4.78 is 0. The summed E-state index contributed by atoms with van der Waals surface area (Å²) >= 11 is 1.32. The number of anilines is 1. The molecule has 0 saturated carbocycles. The Labute approximate surface area is 108 Å². The van der Waals surface area contributed by atoms with Crippen LogP contribution < -0.4 is 5.73 Å². The number of benzene rings is 1. The van der Waals surface area contributed by atoms with Crippen molar-refractivity contribution < 1.29 is 9.90 Å². The van der Waals surface area contributed by atoms with E-state index in [0.29, 0.717) is 16.4 Å². The smallest absolute Gasteiger partial charge is 0.341 e. The number of aromatic carboxylic acids is 1. The zero-order chi connectivity index (χ0) is 13.1. The highest BCUT2D eigenvalue weighted by atomic mass is 32.2. The largest absolute Gasteiger partial charge is 0.477 e. The molecule has 6 heteroatoms. The molecule has 0 saturated heterocycles. The van der Waals surface area contributed by atoms with E-state index < -0.39 is 5.97 Å². The van der Waals surface area contributed by atoms with Gasteiger partial charge in [0.15, 0.2) is 5.16 Å². The molecule has 92 valence electrons. The maximum absolute atomic E-state index is 11.2. The Morgan fingerprint density at radius 2 is 1.94 bits per heavy atom. The Kier molecular flexibility index (Phi) is 3.47. The summed E-state index contributed by atoms with van der Waals surface area (Å²) in [7, 11) is 0. The van der Waals surface area contributed by atoms with E-state index in [9.17, 15) is 9.90 Å². The lowest BCUT2D eigenvalue weighted by molar-refractivity contribution is 0.0698. The van der Waals surface area contributed by atoms with E-state index in [0.717, 1.165) is 0 Å². The van der Waals surface area contributed by atoms with Gasteiger partial charge >= 0.3 is 5.97 Å². The van der Waals surface area contributed by atoms with Crippen molar-refractivity contribution in [3.63, 3.8) is 0 Å². The van der Waals surface area contributed by atoms with Crippen molar-refractivity contribution in [1.29, 1.82) is 0 Å². The molecule has 0 aliphatic heterocycles. The van der Waals surface area contributed by atoms with Gasteiger partial charge in [-0.25, -0.2) is 14.8 Å². The first-order chi connectivity index (χ1) is 8.63. The van der Waals surface area contributed by atoms with E-state index in [1.165, 1.54) is 11.8 Å². The fraction of sp³-hybridized carbons (Fsp3) is 0.0833. The highest BCUT2D eigenvalue weighted by molar-refractivity contribution is 7.98. The van der Waals surface area contributed by atoms with Crippen molar-refractivity contribution in [2.45, 2.75) is 5.16 Å². The molecule has 0 fully saturated rings. The first-order valence-electron chi connectivity index (χ1n) is 5.13. The summed E-state index contributed by atoms with van der Waals surface area (Å²) in [6, 6.07) is 9.07. The molecule has 5 nitrogen and oxygen atoms in total. The fourth-order valence-corrected chi connectivity index (χ4v) is 1.94. The number of carboxylic acids is 1. The molecule has 18 heavy (non-hydrogen) atoms. The molecule has 0 radical (unpaired) electrons. The van der Waals surface area contributed by atoms with Crippen LogP contribution in [0.2, 0.25) is 0 Å². The van der Waals surface area contributed by atoms with E-state index in [1.807, 2.05) is 24.5 Å².